The molecule has 0 aliphatic carbocycles. The lowest BCUT2D eigenvalue weighted by molar-refractivity contribution is -0.146. The Morgan fingerprint density at radius 2 is 2.50 bits per heavy atom. The van der Waals surface area contributed by atoms with Crippen molar-refractivity contribution in [2.24, 2.45) is 0 Å². The molecule has 1 atom stereocenters. The molecule has 14 heavy (non-hydrogen) atoms. The van der Waals surface area contributed by atoms with Crippen molar-refractivity contribution in [3.63, 3.8) is 0 Å². The number of rotatable bonds is 3. The van der Waals surface area contributed by atoms with Crippen LogP contribution in [-0.2, 0) is 9.53 Å². The molecule has 0 aliphatic heterocycles. The van der Waals surface area contributed by atoms with Gasteiger partial charge in [-0.15, -0.1) is 5.92 Å². The van der Waals surface area contributed by atoms with Gasteiger partial charge in [0.25, 0.3) is 0 Å². The molecule has 1 aromatic rings. The Labute approximate surface area is 83.1 Å². The Balaban J connectivity index is 2.69. The van der Waals surface area contributed by atoms with E-state index < -0.39 is 0 Å². The molecular formula is C11H12O3. The second-order valence-corrected chi connectivity index (χ2v) is 2.79. The number of hydrogen-bond donors (Lipinski definition) is 0. The van der Waals surface area contributed by atoms with E-state index in [1.807, 2.05) is 0 Å². The molecule has 0 bridgehead atoms. The summed E-state index contributed by atoms with van der Waals surface area (Å²) in [6.07, 6.45) is 3.28. The van der Waals surface area contributed by atoms with Gasteiger partial charge in [0, 0.05) is 12.5 Å². The maximum Gasteiger partial charge on any atom is 0.303 e. The topological polar surface area (TPSA) is 39.4 Å². The van der Waals surface area contributed by atoms with Crippen LogP contribution in [0.25, 0.3) is 0 Å². The van der Waals surface area contributed by atoms with Crippen molar-refractivity contribution in [1.29, 1.82) is 0 Å². The molecule has 74 valence electrons. The van der Waals surface area contributed by atoms with Crippen LogP contribution < -0.4 is 0 Å². The fourth-order valence-electron chi connectivity index (χ4n) is 1.08. The van der Waals surface area contributed by atoms with Crippen molar-refractivity contribution in [2.75, 3.05) is 0 Å². The highest BCUT2D eigenvalue weighted by molar-refractivity contribution is 5.66. The van der Waals surface area contributed by atoms with E-state index in [-0.39, 0.29) is 12.1 Å². The predicted molar refractivity (Wildman–Crippen MR) is 51.3 cm³/mol. The molecule has 3 nitrogen and oxygen atoms in total. The highest BCUT2D eigenvalue weighted by Gasteiger charge is 2.14. The zero-order valence-electron chi connectivity index (χ0n) is 8.24. The number of furan rings is 1. The Kier molecular flexibility index (Phi) is 3.81. The van der Waals surface area contributed by atoms with Crippen LogP contribution in [0, 0.1) is 11.8 Å². The van der Waals surface area contributed by atoms with E-state index in [4.69, 9.17) is 9.15 Å². The monoisotopic (exact) mass is 192 g/mol. The Morgan fingerprint density at radius 3 is 3.00 bits per heavy atom. The fraction of sp³-hybridized carbons (Fsp3) is 0.364. The summed E-state index contributed by atoms with van der Waals surface area (Å²) < 4.78 is 10.0. The Morgan fingerprint density at radius 1 is 1.71 bits per heavy atom. The molecule has 1 rings (SSSR count). The average Bonchev–Trinajstić information content (AvgIpc) is 2.64. The number of hydrogen-bond acceptors (Lipinski definition) is 3. The third-order valence-corrected chi connectivity index (χ3v) is 1.69. The maximum atomic E-state index is 10.8. The van der Waals surface area contributed by atoms with Crippen molar-refractivity contribution < 1.29 is 13.9 Å². The minimum absolute atomic E-state index is 0.311. The molecule has 0 aliphatic rings. The van der Waals surface area contributed by atoms with E-state index in [0.717, 1.165) is 5.56 Å². The van der Waals surface area contributed by atoms with Gasteiger partial charge in [0.1, 0.15) is 6.10 Å². The van der Waals surface area contributed by atoms with Crippen molar-refractivity contribution in [2.45, 2.75) is 26.4 Å². The second kappa shape index (κ2) is 5.13. The van der Waals surface area contributed by atoms with Crippen LogP contribution in [0.2, 0.25) is 0 Å². The van der Waals surface area contributed by atoms with Crippen molar-refractivity contribution >= 4 is 5.97 Å². The first kappa shape index (κ1) is 10.4. The first-order valence-corrected chi connectivity index (χ1v) is 4.33. The third kappa shape index (κ3) is 2.98. The smallest absolute Gasteiger partial charge is 0.303 e. The number of carbonyl (C=O) groups is 1. The van der Waals surface area contributed by atoms with Gasteiger partial charge in [-0.05, 0) is 13.0 Å². The molecule has 0 spiro atoms. The lowest BCUT2D eigenvalue weighted by Crippen LogP contribution is -2.07. The normalized spacial score (nSPS) is 11.3. The zero-order valence-corrected chi connectivity index (χ0v) is 8.24. The van der Waals surface area contributed by atoms with Crippen LogP contribution in [0.15, 0.2) is 23.0 Å². The predicted octanol–water partition coefficient (Wildman–Crippen LogP) is 2.30. The highest BCUT2D eigenvalue weighted by atomic mass is 16.5. The molecule has 0 saturated heterocycles. The van der Waals surface area contributed by atoms with Crippen molar-refractivity contribution in [1.82, 2.24) is 0 Å². The Bertz CT molecular complexity index is 340. The van der Waals surface area contributed by atoms with Crippen molar-refractivity contribution in [3.8, 4) is 11.8 Å². The molecular weight excluding hydrogens is 180 g/mol. The van der Waals surface area contributed by atoms with E-state index in [1.165, 1.54) is 6.92 Å². The molecule has 0 N–H and O–H groups in total. The molecule has 0 fully saturated rings. The molecule has 1 heterocycles. The number of ether oxygens (including phenoxy) is 1. The van der Waals surface area contributed by atoms with Crippen LogP contribution in [0.3, 0.4) is 0 Å². The third-order valence-electron chi connectivity index (χ3n) is 1.69. The summed E-state index contributed by atoms with van der Waals surface area (Å²) in [6, 6.07) is 1.77. The van der Waals surface area contributed by atoms with Gasteiger partial charge in [0.2, 0.25) is 0 Å². The van der Waals surface area contributed by atoms with E-state index in [9.17, 15) is 4.79 Å². The molecule has 0 saturated carbocycles. The van der Waals surface area contributed by atoms with Gasteiger partial charge < -0.3 is 9.15 Å². The molecule has 0 aromatic carbocycles. The molecule has 0 unspecified atom stereocenters. The van der Waals surface area contributed by atoms with Crippen LogP contribution >= 0.6 is 0 Å². The largest absolute Gasteiger partial charge is 0.472 e. The summed E-state index contributed by atoms with van der Waals surface area (Å²) in [4.78, 5) is 10.8. The van der Waals surface area contributed by atoms with E-state index >= 15 is 0 Å². The van der Waals surface area contributed by atoms with Crippen molar-refractivity contribution in [3.05, 3.63) is 24.2 Å². The van der Waals surface area contributed by atoms with Crippen LogP contribution in [0.1, 0.15) is 31.9 Å². The number of carbonyl (C=O) groups excluding carboxylic acids is 1. The highest BCUT2D eigenvalue weighted by Crippen LogP contribution is 2.21. The first-order valence-electron chi connectivity index (χ1n) is 4.33. The maximum absolute atomic E-state index is 10.8. The Hall–Kier alpha value is -1.69. The standard InChI is InChI=1S/C11H12O3/c1-3-4-5-11(14-9(2)12)10-6-7-13-8-10/h6-8,11H,5H2,1-2H3/t11-/m1/s1. The fourth-order valence-corrected chi connectivity index (χ4v) is 1.08. The SMILES string of the molecule is CC#CC[C@@H](OC(C)=O)c1ccoc1. The molecule has 1 aromatic heterocycles. The van der Waals surface area contributed by atoms with Gasteiger partial charge in [0.15, 0.2) is 0 Å². The van der Waals surface area contributed by atoms with Crippen LogP contribution in [0.5, 0.6) is 0 Å². The quantitative estimate of drug-likeness (QED) is 0.545. The lowest BCUT2D eigenvalue weighted by Gasteiger charge is -2.11. The van der Waals surface area contributed by atoms with Gasteiger partial charge in [0.05, 0.1) is 18.9 Å². The molecule has 0 amide bonds. The van der Waals surface area contributed by atoms with E-state index in [1.54, 1.807) is 25.5 Å². The average molecular weight is 192 g/mol. The minimum Gasteiger partial charge on any atom is -0.472 e. The van der Waals surface area contributed by atoms with Gasteiger partial charge in [-0.1, -0.05) is 5.92 Å². The first-order chi connectivity index (χ1) is 6.74. The summed E-state index contributed by atoms with van der Waals surface area (Å²) in [5, 5.41) is 0. The van der Waals surface area contributed by atoms with Crippen LogP contribution in [0.4, 0.5) is 0 Å². The summed E-state index contributed by atoms with van der Waals surface area (Å²) in [7, 11) is 0. The van der Waals surface area contributed by atoms with E-state index in [2.05, 4.69) is 11.8 Å². The second-order valence-electron chi connectivity index (χ2n) is 2.79. The lowest BCUT2D eigenvalue weighted by atomic mass is 10.1. The van der Waals surface area contributed by atoms with Gasteiger partial charge in [-0.2, -0.15) is 0 Å². The summed E-state index contributed by atoms with van der Waals surface area (Å²) in [5.74, 6) is 5.32. The van der Waals surface area contributed by atoms with Gasteiger partial charge >= 0.3 is 5.97 Å². The molecule has 3 heteroatoms. The van der Waals surface area contributed by atoms with Gasteiger partial charge in [-0.3, -0.25) is 4.79 Å². The van der Waals surface area contributed by atoms with E-state index in [0.29, 0.717) is 6.42 Å². The van der Waals surface area contributed by atoms with Crippen LogP contribution in [-0.4, -0.2) is 5.97 Å². The minimum atomic E-state index is -0.321. The summed E-state index contributed by atoms with van der Waals surface area (Å²) in [5.41, 5.74) is 0.836. The van der Waals surface area contributed by atoms with Gasteiger partial charge in [-0.25, -0.2) is 0 Å². The zero-order chi connectivity index (χ0) is 10.4. The number of esters is 1. The summed E-state index contributed by atoms with van der Waals surface area (Å²) >= 11 is 0. The summed E-state index contributed by atoms with van der Waals surface area (Å²) in [6.45, 7) is 3.13. The molecule has 0 radical (unpaired) electrons.